The molecule has 0 aromatic carbocycles. The number of carbonyl (C=O) groups is 1. The SMILES string of the molecule is CC(CCO)NC(=O)c1ccc(=O)[nH]n1. The highest BCUT2D eigenvalue weighted by atomic mass is 16.3. The molecule has 0 radical (unpaired) electrons. The summed E-state index contributed by atoms with van der Waals surface area (Å²) in [6, 6.07) is 2.45. The van der Waals surface area contributed by atoms with Gasteiger partial charge in [-0.15, -0.1) is 0 Å². The van der Waals surface area contributed by atoms with Crippen LogP contribution in [0.2, 0.25) is 0 Å². The number of aliphatic hydroxyl groups is 1. The Balaban J connectivity index is 2.61. The third kappa shape index (κ3) is 3.51. The molecule has 1 amide bonds. The first kappa shape index (κ1) is 11.4. The lowest BCUT2D eigenvalue weighted by atomic mass is 10.2. The molecular weight excluding hydrogens is 198 g/mol. The summed E-state index contributed by atoms with van der Waals surface area (Å²) in [4.78, 5) is 22.2. The average molecular weight is 211 g/mol. The van der Waals surface area contributed by atoms with Crippen molar-refractivity contribution in [2.45, 2.75) is 19.4 Å². The van der Waals surface area contributed by atoms with Crippen molar-refractivity contribution >= 4 is 5.91 Å². The average Bonchev–Trinajstić information content (AvgIpc) is 2.18. The smallest absolute Gasteiger partial charge is 0.271 e. The Labute approximate surface area is 86.3 Å². The summed E-state index contributed by atoms with van der Waals surface area (Å²) in [5, 5.41) is 17.0. The Morgan fingerprint density at radius 2 is 2.40 bits per heavy atom. The molecule has 1 atom stereocenters. The molecule has 1 aromatic heterocycles. The van der Waals surface area contributed by atoms with Crippen LogP contribution in [0, 0.1) is 0 Å². The van der Waals surface area contributed by atoms with Crippen molar-refractivity contribution in [1.29, 1.82) is 0 Å². The van der Waals surface area contributed by atoms with Gasteiger partial charge in [-0.25, -0.2) is 5.10 Å². The number of nitrogens with one attached hydrogen (secondary N) is 2. The van der Waals surface area contributed by atoms with Crippen molar-refractivity contribution in [2.75, 3.05) is 6.61 Å². The first-order valence-electron chi connectivity index (χ1n) is 4.61. The lowest BCUT2D eigenvalue weighted by molar-refractivity contribution is 0.0928. The van der Waals surface area contributed by atoms with Gasteiger partial charge in [0.15, 0.2) is 0 Å². The zero-order valence-corrected chi connectivity index (χ0v) is 8.36. The Kier molecular flexibility index (Phi) is 3.99. The predicted octanol–water partition coefficient (Wildman–Crippen LogP) is -0.729. The lowest BCUT2D eigenvalue weighted by Gasteiger charge is -2.11. The molecule has 6 heteroatoms. The van der Waals surface area contributed by atoms with Crippen LogP contribution >= 0.6 is 0 Å². The molecule has 0 fully saturated rings. The van der Waals surface area contributed by atoms with Gasteiger partial charge in [-0.1, -0.05) is 0 Å². The van der Waals surface area contributed by atoms with Crippen molar-refractivity contribution in [1.82, 2.24) is 15.5 Å². The molecule has 6 nitrogen and oxygen atoms in total. The fourth-order valence-electron chi connectivity index (χ4n) is 1.03. The summed E-state index contributed by atoms with van der Waals surface area (Å²) < 4.78 is 0. The molecule has 3 N–H and O–H groups in total. The van der Waals surface area contributed by atoms with Crippen molar-refractivity contribution < 1.29 is 9.90 Å². The quantitative estimate of drug-likeness (QED) is 0.612. The number of nitrogens with zero attached hydrogens (tertiary/aromatic N) is 1. The number of H-pyrrole nitrogens is 1. The third-order valence-electron chi connectivity index (χ3n) is 1.85. The molecule has 0 aliphatic rings. The van der Waals surface area contributed by atoms with Gasteiger partial charge in [-0.2, -0.15) is 5.10 Å². The maximum absolute atomic E-state index is 11.5. The molecule has 1 aromatic rings. The van der Waals surface area contributed by atoms with E-state index in [1.54, 1.807) is 6.92 Å². The monoisotopic (exact) mass is 211 g/mol. The van der Waals surface area contributed by atoms with Gasteiger partial charge in [-0.05, 0) is 19.4 Å². The molecule has 0 aliphatic carbocycles. The Hall–Kier alpha value is -1.69. The van der Waals surface area contributed by atoms with Crippen LogP contribution in [0.5, 0.6) is 0 Å². The predicted molar refractivity (Wildman–Crippen MR) is 53.5 cm³/mol. The van der Waals surface area contributed by atoms with E-state index >= 15 is 0 Å². The summed E-state index contributed by atoms with van der Waals surface area (Å²) in [7, 11) is 0. The van der Waals surface area contributed by atoms with Gasteiger partial charge in [0.25, 0.3) is 11.5 Å². The van der Waals surface area contributed by atoms with E-state index in [-0.39, 0.29) is 29.8 Å². The maximum Gasteiger partial charge on any atom is 0.271 e. The van der Waals surface area contributed by atoms with Crippen LogP contribution in [0.1, 0.15) is 23.8 Å². The number of aromatic nitrogens is 2. The van der Waals surface area contributed by atoms with Crippen LogP contribution in [0.3, 0.4) is 0 Å². The van der Waals surface area contributed by atoms with Crippen molar-refractivity contribution in [2.24, 2.45) is 0 Å². The second-order valence-electron chi connectivity index (χ2n) is 3.19. The third-order valence-corrected chi connectivity index (χ3v) is 1.85. The highest BCUT2D eigenvalue weighted by molar-refractivity contribution is 5.92. The second kappa shape index (κ2) is 5.26. The maximum atomic E-state index is 11.5. The number of carbonyl (C=O) groups excluding carboxylic acids is 1. The summed E-state index contributed by atoms with van der Waals surface area (Å²) in [5.41, 5.74) is -0.200. The number of rotatable bonds is 4. The van der Waals surface area contributed by atoms with E-state index < -0.39 is 0 Å². The zero-order valence-electron chi connectivity index (χ0n) is 8.36. The fourth-order valence-corrected chi connectivity index (χ4v) is 1.03. The van der Waals surface area contributed by atoms with Crippen LogP contribution in [-0.4, -0.2) is 33.9 Å². The van der Waals surface area contributed by atoms with E-state index in [1.165, 1.54) is 12.1 Å². The van der Waals surface area contributed by atoms with Gasteiger partial charge >= 0.3 is 0 Å². The molecule has 15 heavy (non-hydrogen) atoms. The highest BCUT2D eigenvalue weighted by Gasteiger charge is 2.10. The summed E-state index contributed by atoms with van der Waals surface area (Å²) >= 11 is 0. The van der Waals surface area contributed by atoms with Crippen LogP contribution < -0.4 is 10.9 Å². The topological polar surface area (TPSA) is 95.1 Å². The fraction of sp³-hybridized carbons (Fsp3) is 0.444. The zero-order chi connectivity index (χ0) is 11.3. The number of aliphatic hydroxyl groups excluding tert-OH is 1. The molecule has 1 unspecified atom stereocenters. The molecule has 1 heterocycles. The van der Waals surface area contributed by atoms with Crippen molar-refractivity contribution in [3.63, 3.8) is 0 Å². The minimum Gasteiger partial charge on any atom is -0.396 e. The molecule has 0 spiro atoms. The van der Waals surface area contributed by atoms with E-state index in [0.29, 0.717) is 6.42 Å². The normalized spacial score (nSPS) is 12.1. The second-order valence-corrected chi connectivity index (χ2v) is 3.19. The summed E-state index contributed by atoms with van der Waals surface area (Å²) in [6.07, 6.45) is 0.481. The van der Waals surface area contributed by atoms with E-state index in [4.69, 9.17) is 5.11 Å². The van der Waals surface area contributed by atoms with E-state index in [0.717, 1.165) is 0 Å². The molecule has 82 valence electrons. The number of aromatic amines is 1. The van der Waals surface area contributed by atoms with Crippen LogP contribution in [-0.2, 0) is 0 Å². The van der Waals surface area contributed by atoms with Gasteiger partial charge in [0, 0.05) is 18.7 Å². The number of hydrogen-bond acceptors (Lipinski definition) is 4. The number of hydrogen-bond donors (Lipinski definition) is 3. The first-order chi connectivity index (χ1) is 7.13. The minimum atomic E-state index is -0.368. The number of amides is 1. The minimum absolute atomic E-state index is 0.0144. The first-order valence-corrected chi connectivity index (χ1v) is 4.61. The Morgan fingerprint density at radius 3 is 2.93 bits per heavy atom. The van der Waals surface area contributed by atoms with Crippen molar-refractivity contribution in [3.8, 4) is 0 Å². The molecule has 0 bridgehead atoms. The van der Waals surface area contributed by atoms with Crippen molar-refractivity contribution in [3.05, 3.63) is 28.2 Å². The van der Waals surface area contributed by atoms with Gasteiger partial charge in [0.1, 0.15) is 5.69 Å². The van der Waals surface area contributed by atoms with Gasteiger partial charge in [-0.3, -0.25) is 9.59 Å². The Morgan fingerprint density at radius 1 is 1.67 bits per heavy atom. The van der Waals surface area contributed by atoms with Gasteiger partial charge in [0.2, 0.25) is 0 Å². The lowest BCUT2D eigenvalue weighted by Crippen LogP contribution is -2.34. The standard InChI is InChI=1S/C9H13N3O3/c1-6(4-5-13)10-9(15)7-2-3-8(14)12-11-7/h2-3,6,13H,4-5H2,1H3,(H,10,15)(H,12,14). The van der Waals surface area contributed by atoms with E-state index in [9.17, 15) is 9.59 Å². The largest absolute Gasteiger partial charge is 0.396 e. The van der Waals surface area contributed by atoms with E-state index in [1.807, 2.05) is 0 Å². The molecule has 0 aliphatic heterocycles. The summed E-state index contributed by atoms with van der Waals surface area (Å²) in [5.74, 6) is -0.368. The molecule has 0 saturated carbocycles. The molecular formula is C9H13N3O3. The van der Waals surface area contributed by atoms with E-state index in [2.05, 4.69) is 15.5 Å². The van der Waals surface area contributed by atoms with Gasteiger partial charge in [0.05, 0.1) is 0 Å². The van der Waals surface area contributed by atoms with Crippen LogP contribution in [0.15, 0.2) is 16.9 Å². The van der Waals surface area contributed by atoms with Crippen LogP contribution in [0.25, 0.3) is 0 Å². The molecule has 0 saturated heterocycles. The highest BCUT2D eigenvalue weighted by Crippen LogP contribution is 1.93. The Bertz CT molecular complexity index is 368. The summed E-state index contributed by atoms with van der Waals surface area (Å²) in [6.45, 7) is 1.79. The molecule has 1 rings (SSSR count). The van der Waals surface area contributed by atoms with Gasteiger partial charge < -0.3 is 10.4 Å². The van der Waals surface area contributed by atoms with Crippen LogP contribution in [0.4, 0.5) is 0 Å².